The molecule has 8 rings (SSSR count). The van der Waals surface area contributed by atoms with E-state index in [-0.39, 0.29) is 73.9 Å². The molecular weight excluding hydrogens is 1540 g/mol. The Labute approximate surface area is 686 Å². The van der Waals surface area contributed by atoms with Gasteiger partial charge in [0.05, 0.1) is 25.4 Å². The first-order valence-electron chi connectivity index (χ1n) is 38.5. The smallest absolute Gasteiger partial charge is 0.245 e. The molecule has 0 radical (unpaired) electrons. The van der Waals surface area contributed by atoms with Crippen LogP contribution in [-0.2, 0) is 106 Å². The van der Waals surface area contributed by atoms with Crippen molar-refractivity contribution in [2.45, 2.75) is 146 Å². The number of carbonyl (C=O) groups excluding carboxylic acids is 14. The van der Waals surface area contributed by atoms with Gasteiger partial charge >= 0.3 is 0 Å². The average molecular weight is 1640 g/mol. The van der Waals surface area contributed by atoms with Crippen molar-refractivity contribution >= 4 is 105 Å². The van der Waals surface area contributed by atoms with Gasteiger partial charge in [-0.25, -0.2) is 0 Å². The number of rotatable bonds is 19. The Morgan fingerprint density at radius 3 is 1.43 bits per heavy atom. The van der Waals surface area contributed by atoms with Crippen LogP contribution < -0.4 is 64.2 Å². The second-order valence-electron chi connectivity index (χ2n) is 29.7. The lowest BCUT2D eigenvalue weighted by Gasteiger charge is -2.33. The van der Waals surface area contributed by atoms with E-state index in [0.29, 0.717) is 44.3 Å². The zero-order valence-corrected chi connectivity index (χ0v) is 67.3. The van der Waals surface area contributed by atoms with E-state index in [1.807, 2.05) is 0 Å². The fourth-order valence-corrected chi connectivity index (χ4v) is 14.0. The first kappa shape index (κ1) is 90.7. The average Bonchev–Trinajstić information content (AvgIpc) is 1.56. The van der Waals surface area contributed by atoms with Crippen LogP contribution >= 0.6 is 11.8 Å². The van der Waals surface area contributed by atoms with Gasteiger partial charge in [-0.1, -0.05) is 143 Å². The number of nitrogens with zero attached hydrogens (tertiary/aromatic N) is 2. The van der Waals surface area contributed by atoms with Crippen LogP contribution in [0.15, 0.2) is 164 Å². The number of phenolic OH excluding ortho intramolecular Hbond substituents is 3. The first-order valence-corrected chi connectivity index (χ1v) is 39.6. The number of hydrogen-bond acceptors (Lipinski definition) is 19. The van der Waals surface area contributed by atoms with Crippen molar-refractivity contribution in [2.75, 3.05) is 45.3 Å². The minimum absolute atomic E-state index is 0.0667. The zero-order chi connectivity index (χ0) is 85.9. The van der Waals surface area contributed by atoms with Gasteiger partial charge in [0.25, 0.3) is 0 Å². The summed E-state index contributed by atoms with van der Waals surface area (Å²) in [5.41, 5.74) is 8.93. The maximum Gasteiger partial charge on any atom is 0.245 e. The molecule has 2 heterocycles. The van der Waals surface area contributed by atoms with E-state index >= 15 is 14.4 Å². The lowest BCUT2D eigenvalue weighted by Crippen LogP contribution is -2.61. The molecule has 628 valence electrons. The highest BCUT2D eigenvalue weighted by Crippen LogP contribution is 2.23. The topological polar surface area (TPSA) is 501 Å². The number of aromatic hydroxyl groups is 3. The maximum absolute atomic E-state index is 15.6. The number of carbonyl (C=O) groups is 14. The van der Waals surface area contributed by atoms with Crippen LogP contribution in [0.5, 0.6) is 17.2 Å². The molecule has 118 heavy (non-hydrogen) atoms. The molecule has 6 aromatic carbocycles. The second-order valence-corrected chi connectivity index (χ2v) is 30.7. The van der Waals surface area contributed by atoms with Crippen molar-refractivity contribution in [1.82, 2.24) is 73.3 Å². The normalized spacial score (nSPS) is 22.3. The highest BCUT2D eigenvalue weighted by Gasteiger charge is 2.40. The van der Waals surface area contributed by atoms with Crippen LogP contribution in [0.1, 0.15) is 74.4 Å². The molecule has 18 N–H and O–H groups in total. The van der Waals surface area contributed by atoms with E-state index in [2.05, 4.69) is 63.5 Å². The number of aromatic amines is 1. The number of phenols is 3. The Bertz CT molecular complexity index is 4670. The zero-order valence-electron chi connectivity index (χ0n) is 66.5. The molecule has 0 spiro atoms. The largest absolute Gasteiger partial charge is 0.508 e. The van der Waals surface area contributed by atoms with Gasteiger partial charge < -0.3 is 99.4 Å². The number of fused-ring (bicyclic) bond motifs is 1. The molecule has 1 saturated heterocycles. The third-order valence-corrected chi connectivity index (χ3v) is 20.8. The molecule has 7 aromatic rings. The second kappa shape index (κ2) is 43.8. The van der Waals surface area contributed by atoms with Crippen LogP contribution in [0.25, 0.3) is 10.9 Å². The SMILES string of the molecule is CC(C)C[C@@H]1NC(=O)[C@H](Cc2ccccc2)N(C)C(=O)[C@H](Cc2ccc(O)cc2)NC(=O)[C@H](Cc2c[nH]c3ccccc23)NC(=O)CNC(=O)[C@H](CO)NC(=O)[C@H](Cc2ccc(O)cc2)NC(=O)[C@H](C(C)C)NC(=O)[C@H](C)N(C)C(=O)[C@H](Cc2ccc(O)cc2)NC(=O)[C@H](Cc2ccccc2)NC(=O)CSC[C@@H](C(=O)NCC(N)=O)NC1=O. The molecule has 33 nitrogen and oxygen atoms in total. The maximum atomic E-state index is 15.6. The highest BCUT2D eigenvalue weighted by molar-refractivity contribution is 8.00. The number of benzene rings is 6. The number of nitrogens with two attached hydrogens (primary N) is 1. The Morgan fingerprint density at radius 1 is 0.475 bits per heavy atom. The van der Waals surface area contributed by atoms with Crippen molar-refractivity contribution in [2.24, 2.45) is 17.6 Å². The van der Waals surface area contributed by atoms with Crippen molar-refractivity contribution in [1.29, 1.82) is 0 Å². The molecule has 0 bridgehead atoms. The van der Waals surface area contributed by atoms with Crippen LogP contribution in [0.2, 0.25) is 0 Å². The highest BCUT2D eigenvalue weighted by atomic mass is 32.2. The minimum Gasteiger partial charge on any atom is -0.508 e. The molecule has 14 amide bonds. The standard InChI is InChI=1S/C84H103N15O18S/c1-47(2)34-61-77(110)96-68(76(109)87-42-70(85)104)45-118-46-72(106)90-62(35-50-16-10-8-11-17-50)78(111)93-65(37-53-24-30-57(102)31-25-53)83(116)98(6)49(5)74(107)97-73(48(3)4)82(115)92-63(36-52-22-28-56(101)29-23-52)79(112)95-67(44-100)75(108)88-43-71(105)89-64(40-55-41-86-60-21-15-14-20-59(55)60)80(113)94-66(38-54-26-32-58(103)33-27-54)84(117)99(7)69(81(114)91-61)39-51-18-12-9-13-19-51/h8-33,41,47-49,61-69,73,86,100-103H,34-40,42-46H2,1-7H3,(H2,85,104)(H,87,109)(H,88,108)(H,89,105)(H,90,106)(H,91,114)(H,92,115)(H,93,111)(H,94,113)(H,95,112)(H,96,110)(H,97,107)/t49-,61-,62-,63-,64-,65-,66-,67-,68-,69-,73-/m0/s1. The number of para-hydroxylation sites is 1. The third-order valence-electron chi connectivity index (χ3n) is 19.8. The molecule has 1 fully saturated rings. The number of primary amides is 1. The van der Waals surface area contributed by atoms with E-state index < -0.39 is 181 Å². The summed E-state index contributed by atoms with van der Waals surface area (Å²) in [4.78, 5) is 209. The van der Waals surface area contributed by atoms with E-state index in [0.717, 1.165) is 21.6 Å². The molecule has 34 heteroatoms. The fraction of sp³-hybridized carbons (Fsp3) is 0.381. The molecule has 1 aromatic heterocycles. The summed E-state index contributed by atoms with van der Waals surface area (Å²) in [5.74, 6) is -15.2. The molecule has 0 unspecified atom stereocenters. The Kier molecular flexibility index (Phi) is 33.6. The van der Waals surface area contributed by atoms with Gasteiger partial charge in [0, 0.05) is 75.5 Å². The number of nitrogens with one attached hydrogen (secondary N) is 12. The van der Waals surface area contributed by atoms with Gasteiger partial charge in [-0.2, -0.15) is 0 Å². The number of H-pyrrole nitrogens is 1. The Hall–Kier alpha value is -12.9. The van der Waals surface area contributed by atoms with Crippen molar-refractivity contribution in [3.8, 4) is 17.2 Å². The molecule has 0 aliphatic carbocycles. The number of thioether (sulfide) groups is 1. The Balaban J connectivity index is 1.18. The number of hydrogen-bond donors (Lipinski definition) is 17. The predicted molar refractivity (Wildman–Crippen MR) is 438 cm³/mol. The van der Waals surface area contributed by atoms with Crippen molar-refractivity contribution in [3.05, 3.63) is 197 Å². The van der Waals surface area contributed by atoms with Gasteiger partial charge in [-0.3, -0.25) is 67.1 Å². The summed E-state index contributed by atoms with van der Waals surface area (Å²) in [6.07, 6.45) is 0.128. The van der Waals surface area contributed by atoms with Gasteiger partial charge in [0.1, 0.15) is 83.7 Å². The van der Waals surface area contributed by atoms with Gasteiger partial charge in [0.2, 0.25) is 82.7 Å². The predicted octanol–water partition coefficient (Wildman–Crippen LogP) is 0.237. The van der Waals surface area contributed by atoms with Crippen LogP contribution in [0, 0.1) is 11.8 Å². The molecule has 1 aliphatic rings. The number of aliphatic hydroxyl groups is 1. The lowest BCUT2D eigenvalue weighted by molar-refractivity contribution is -0.143. The molecular formula is C84H103N15O18S. The van der Waals surface area contributed by atoms with Crippen LogP contribution in [0.3, 0.4) is 0 Å². The van der Waals surface area contributed by atoms with E-state index in [1.54, 1.807) is 119 Å². The van der Waals surface area contributed by atoms with E-state index in [1.165, 1.54) is 93.8 Å². The van der Waals surface area contributed by atoms with Gasteiger partial charge in [0.15, 0.2) is 0 Å². The summed E-state index contributed by atoms with van der Waals surface area (Å²) >= 11 is 0.826. The molecule has 1 aliphatic heterocycles. The summed E-state index contributed by atoms with van der Waals surface area (Å²) < 4.78 is 0. The van der Waals surface area contributed by atoms with E-state index in [9.17, 15) is 73.2 Å². The van der Waals surface area contributed by atoms with Crippen LogP contribution in [0.4, 0.5) is 0 Å². The number of aromatic nitrogens is 1. The monoisotopic (exact) mass is 1640 g/mol. The first-order chi connectivity index (χ1) is 56.2. The quantitative estimate of drug-likeness (QED) is 0.0515. The van der Waals surface area contributed by atoms with Crippen LogP contribution in [-0.4, -0.2) is 230 Å². The molecule has 11 atom stereocenters. The van der Waals surface area contributed by atoms with Gasteiger partial charge in [-0.15, -0.1) is 11.8 Å². The number of amides is 14. The van der Waals surface area contributed by atoms with E-state index in [4.69, 9.17) is 5.73 Å². The third kappa shape index (κ3) is 27.1. The van der Waals surface area contributed by atoms with Crippen molar-refractivity contribution < 1.29 is 87.5 Å². The fourth-order valence-electron chi connectivity index (χ4n) is 13.1. The summed E-state index contributed by atoms with van der Waals surface area (Å²) in [5, 5.41) is 71.0. The summed E-state index contributed by atoms with van der Waals surface area (Å²) in [6, 6.07) is 24.2. The summed E-state index contributed by atoms with van der Waals surface area (Å²) in [6.45, 7) is 5.40. The minimum atomic E-state index is -1.82. The Morgan fingerprint density at radius 2 is 0.915 bits per heavy atom. The lowest BCUT2D eigenvalue weighted by atomic mass is 9.98. The number of aliphatic hydroxyl groups excluding tert-OH is 1. The molecule has 0 saturated carbocycles. The number of likely N-dealkylation sites (N-methyl/N-ethyl adjacent to an activating group) is 2. The van der Waals surface area contributed by atoms with Crippen molar-refractivity contribution in [3.63, 3.8) is 0 Å². The summed E-state index contributed by atoms with van der Waals surface area (Å²) in [7, 11) is 2.59. The van der Waals surface area contributed by atoms with Gasteiger partial charge in [-0.05, 0) is 101 Å².